The van der Waals surface area contributed by atoms with E-state index in [0.717, 1.165) is 22.7 Å². The zero-order valence-corrected chi connectivity index (χ0v) is 21.6. The van der Waals surface area contributed by atoms with Crippen LogP contribution in [0.5, 0.6) is 11.5 Å². The molecule has 2 aromatic carbocycles. The van der Waals surface area contributed by atoms with E-state index in [1.54, 1.807) is 25.3 Å². The number of aromatic amines is 1. The summed E-state index contributed by atoms with van der Waals surface area (Å²) in [6.07, 6.45) is 1.85. The number of nitrogens with zero attached hydrogens (tertiary/aromatic N) is 3. The average Bonchev–Trinajstić information content (AvgIpc) is 3.28. The van der Waals surface area contributed by atoms with Crippen LogP contribution in [-0.2, 0) is 11.2 Å². The summed E-state index contributed by atoms with van der Waals surface area (Å²) in [5, 5.41) is 19.4. The number of rotatable bonds is 9. The van der Waals surface area contributed by atoms with Gasteiger partial charge in [-0.25, -0.2) is 14.2 Å². The highest BCUT2D eigenvalue weighted by Gasteiger charge is 2.23. The molecule has 1 atom stereocenters. The molecule has 0 aliphatic rings. The molecule has 5 N–H and O–H groups in total. The van der Waals surface area contributed by atoms with Gasteiger partial charge in [0.2, 0.25) is 0 Å². The number of nitrogens with two attached hydrogens (primary N) is 1. The molecule has 0 aliphatic carbocycles. The Morgan fingerprint density at radius 1 is 1.21 bits per heavy atom. The van der Waals surface area contributed by atoms with Crippen LogP contribution in [0.2, 0.25) is 0 Å². The van der Waals surface area contributed by atoms with Crippen molar-refractivity contribution in [2.24, 2.45) is 5.73 Å². The van der Waals surface area contributed by atoms with Crippen molar-refractivity contribution >= 4 is 11.8 Å². The van der Waals surface area contributed by atoms with Crippen LogP contribution >= 0.6 is 0 Å². The van der Waals surface area contributed by atoms with Crippen molar-refractivity contribution in [2.75, 3.05) is 13.7 Å². The lowest BCUT2D eigenvalue weighted by Crippen LogP contribution is -2.18. The SMILES string of the molecule is CC(=O)O.CCOc1cc(C(Cc2ccc(C(=N)N)cc2)c2nn(-c3ncccc3F)c(=O)[nH]2)ccc1OC. The van der Waals surface area contributed by atoms with Crippen LogP contribution in [0.4, 0.5) is 4.39 Å². The number of pyridine rings is 1. The molecule has 39 heavy (non-hydrogen) atoms. The van der Waals surface area contributed by atoms with Gasteiger partial charge >= 0.3 is 5.69 Å². The quantitative estimate of drug-likeness (QED) is 0.187. The van der Waals surface area contributed by atoms with Gasteiger partial charge in [-0.1, -0.05) is 30.3 Å². The highest BCUT2D eigenvalue weighted by molar-refractivity contribution is 5.94. The van der Waals surface area contributed by atoms with E-state index in [1.807, 2.05) is 31.2 Å². The normalized spacial score (nSPS) is 11.2. The summed E-state index contributed by atoms with van der Waals surface area (Å²) >= 11 is 0. The number of methoxy groups -OCH3 is 1. The Bertz CT molecular complexity index is 1500. The molecule has 0 fully saturated rings. The van der Waals surface area contributed by atoms with Crippen molar-refractivity contribution in [3.63, 3.8) is 0 Å². The number of benzene rings is 2. The molecule has 0 aliphatic heterocycles. The molecular formula is C27H29FN6O5. The highest BCUT2D eigenvalue weighted by atomic mass is 19.1. The van der Waals surface area contributed by atoms with Crippen molar-refractivity contribution in [1.82, 2.24) is 19.7 Å². The number of nitrogens with one attached hydrogen (secondary N) is 2. The molecule has 0 spiro atoms. The third-order valence-electron chi connectivity index (χ3n) is 5.50. The number of carbonyl (C=O) groups is 1. The van der Waals surface area contributed by atoms with E-state index in [0.29, 0.717) is 35.9 Å². The summed E-state index contributed by atoms with van der Waals surface area (Å²) in [6, 6.07) is 15.4. The van der Waals surface area contributed by atoms with E-state index in [4.69, 9.17) is 30.5 Å². The third-order valence-corrected chi connectivity index (χ3v) is 5.50. The van der Waals surface area contributed by atoms with Gasteiger partial charge in [0.25, 0.3) is 5.97 Å². The van der Waals surface area contributed by atoms with Crippen LogP contribution in [0.15, 0.2) is 65.6 Å². The summed E-state index contributed by atoms with van der Waals surface area (Å²) in [6.45, 7) is 3.40. The van der Waals surface area contributed by atoms with Gasteiger partial charge in [-0.3, -0.25) is 15.2 Å². The Morgan fingerprint density at radius 2 is 1.90 bits per heavy atom. The predicted octanol–water partition coefficient (Wildman–Crippen LogP) is 3.25. The summed E-state index contributed by atoms with van der Waals surface area (Å²) in [4.78, 5) is 28.5. The Kier molecular flexibility index (Phi) is 9.52. The van der Waals surface area contributed by atoms with Gasteiger partial charge in [0.1, 0.15) is 11.7 Å². The van der Waals surface area contributed by atoms with E-state index in [-0.39, 0.29) is 11.7 Å². The first-order valence-corrected chi connectivity index (χ1v) is 11.9. The monoisotopic (exact) mass is 536 g/mol. The summed E-state index contributed by atoms with van der Waals surface area (Å²) < 4.78 is 26.4. The molecule has 2 heterocycles. The first-order chi connectivity index (χ1) is 18.6. The number of nitrogen functional groups attached to an aromatic ring is 1. The lowest BCUT2D eigenvalue weighted by Gasteiger charge is -2.18. The summed E-state index contributed by atoms with van der Waals surface area (Å²) in [7, 11) is 1.56. The minimum absolute atomic E-state index is 0.0231. The largest absolute Gasteiger partial charge is 0.493 e. The molecule has 2 aromatic heterocycles. The van der Waals surface area contributed by atoms with Gasteiger partial charge in [-0.05, 0) is 48.7 Å². The van der Waals surface area contributed by atoms with Gasteiger partial charge in [-0.15, -0.1) is 5.10 Å². The van der Waals surface area contributed by atoms with Crippen LogP contribution in [-0.4, -0.2) is 50.4 Å². The first-order valence-electron chi connectivity index (χ1n) is 11.9. The standard InChI is InChI=1S/C25H25FN6O3.C2H4O2/c1-3-35-21-14-17(10-11-20(21)34-2)18(13-15-6-8-16(9-7-15)22(27)28)23-30-25(33)32(31-23)24-19(26)5-4-12-29-24;1-2(3)4/h4-12,14,18H,3,13H2,1-2H3,(H3,27,28)(H,30,31,33);1H3,(H,3,4). The smallest absolute Gasteiger partial charge is 0.349 e. The predicted molar refractivity (Wildman–Crippen MR) is 142 cm³/mol. The molecule has 204 valence electrons. The minimum Gasteiger partial charge on any atom is -0.493 e. The third kappa shape index (κ3) is 7.28. The molecule has 0 saturated heterocycles. The van der Waals surface area contributed by atoms with E-state index in [2.05, 4.69) is 15.1 Å². The van der Waals surface area contributed by atoms with Crippen molar-refractivity contribution in [2.45, 2.75) is 26.2 Å². The van der Waals surface area contributed by atoms with Gasteiger partial charge in [0, 0.05) is 24.6 Å². The second-order valence-electron chi connectivity index (χ2n) is 8.27. The number of carboxylic acid groups (broad SMARTS) is 1. The zero-order chi connectivity index (χ0) is 28.5. The highest BCUT2D eigenvalue weighted by Crippen LogP contribution is 2.34. The summed E-state index contributed by atoms with van der Waals surface area (Å²) in [5.41, 5.74) is 7.32. The van der Waals surface area contributed by atoms with Crippen LogP contribution in [0.25, 0.3) is 5.82 Å². The molecule has 4 aromatic rings. The van der Waals surface area contributed by atoms with Gasteiger partial charge in [0.15, 0.2) is 23.1 Å². The fourth-order valence-electron chi connectivity index (χ4n) is 3.78. The number of halogens is 1. The maximum atomic E-state index is 14.3. The summed E-state index contributed by atoms with van der Waals surface area (Å²) in [5.74, 6) is -0.643. The fourth-order valence-corrected chi connectivity index (χ4v) is 3.78. The van der Waals surface area contributed by atoms with Crippen LogP contribution in [0, 0.1) is 11.2 Å². The van der Waals surface area contributed by atoms with Gasteiger partial charge in [0.05, 0.1) is 13.7 Å². The van der Waals surface area contributed by atoms with Crippen molar-refractivity contribution in [3.8, 4) is 17.3 Å². The van der Waals surface area contributed by atoms with Gasteiger partial charge in [-0.2, -0.15) is 4.68 Å². The second kappa shape index (κ2) is 13.0. The van der Waals surface area contributed by atoms with Crippen LogP contribution in [0.1, 0.15) is 42.3 Å². The maximum Gasteiger partial charge on any atom is 0.349 e. The Labute approximate surface area is 223 Å². The van der Waals surface area contributed by atoms with E-state index in [1.165, 1.54) is 18.3 Å². The van der Waals surface area contributed by atoms with Gasteiger partial charge < -0.3 is 20.3 Å². The minimum atomic E-state index is -0.833. The van der Waals surface area contributed by atoms with Crippen molar-refractivity contribution in [1.29, 1.82) is 5.41 Å². The van der Waals surface area contributed by atoms with Crippen molar-refractivity contribution in [3.05, 3.63) is 99.6 Å². The average molecular weight is 537 g/mol. The molecule has 12 heteroatoms. The molecule has 0 amide bonds. The first kappa shape index (κ1) is 28.6. The fraction of sp³-hybridized carbons (Fsp3) is 0.222. The van der Waals surface area contributed by atoms with E-state index >= 15 is 0 Å². The second-order valence-corrected chi connectivity index (χ2v) is 8.27. The topological polar surface area (TPSA) is 169 Å². The number of aliphatic carboxylic acids is 1. The lowest BCUT2D eigenvalue weighted by atomic mass is 9.90. The maximum absolute atomic E-state index is 14.3. The molecule has 0 saturated carbocycles. The van der Waals surface area contributed by atoms with Crippen LogP contribution in [0.3, 0.4) is 0 Å². The Hall–Kier alpha value is -5.00. The molecule has 11 nitrogen and oxygen atoms in total. The number of hydrogen-bond acceptors (Lipinski definition) is 7. The molecular weight excluding hydrogens is 507 g/mol. The molecule has 0 bridgehead atoms. The lowest BCUT2D eigenvalue weighted by molar-refractivity contribution is -0.134. The number of ether oxygens (including phenoxy) is 2. The number of carboxylic acids is 1. The van der Waals surface area contributed by atoms with Crippen molar-refractivity contribution < 1.29 is 23.8 Å². The van der Waals surface area contributed by atoms with E-state index < -0.39 is 23.4 Å². The number of H-pyrrole nitrogens is 1. The molecule has 1 unspecified atom stereocenters. The van der Waals surface area contributed by atoms with E-state index in [9.17, 15) is 9.18 Å². The molecule has 4 rings (SSSR count). The number of amidine groups is 1. The van der Waals surface area contributed by atoms with Crippen LogP contribution < -0.4 is 20.9 Å². The zero-order valence-electron chi connectivity index (χ0n) is 21.6. The molecule has 0 radical (unpaired) electrons. The Balaban J connectivity index is 0.000000983. The Morgan fingerprint density at radius 3 is 2.49 bits per heavy atom. The number of aromatic nitrogens is 4. The number of hydrogen-bond donors (Lipinski definition) is 4.